The van der Waals surface area contributed by atoms with Crippen LogP contribution >= 0.6 is 0 Å². The Balaban J connectivity index is 0.000000315. The normalized spacial score (nSPS) is 21.9. The van der Waals surface area contributed by atoms with Gasteiger partial charge in [-0.3, -0.25) is 18.4 Å². The Morgan fingerprint density at radius 2 is 1.90 bits per heavy atom. The van der Waals surface area contributed by atoms with E-state index in [2.05, 4.69) is 16.0 Å². The van der Waals surface area contributed by atoms with Gasteiger partial charge < -0.3 is 9.64 Å². The van der Waals surface area contributed by atoms with Crippen LogP contribution in [-0.2, 0) is 24.1 Å². The van der Waals surface area contributed by atoms with Crippen LogP contribution in [0.2, 0.25) is 0 Å². The number of carbonyl (C=O) groups is 1. The minimum absolute atomic E-state index is 0.329. The van der Waals surface area contributed by atoms with Crippen molar-refractivity contribution in [2.75, 3.05) is 46.5 Å². The smallest absolute Gasteiger partial charge is 0.379 e. The van der Waals surface area contributed by atoms with Gasteiger partial charge >= 0.3 is 10.4 Å². The Labute approximate surface area is 125 Å². The number of ether oxygens (including phenoxy) is 1. The fourth-order valence-corrected chi connectivity index (χ4v) is 2.39. The first-order valence-corrected chi connectivity index (χ1v) is 8.32. The Morgan fingerprint density at radius 3 is 2.33 bits per heavy atom. The van der Waals surface area contributed by atoms with E-state index in [0.717, 1.165) is 59.3 Å². The molecule has 1 N–H and O–H groups in total. The number of hydrogen-bond acceptors (Lipinski definition) is 6. The molecule has 2 aliphatic heterocycles. The van der Waals surface area contributed by atoms with Gasteiger partial charge in [0.1, 0.15) is 0 Å². The summed E-state index contributed by atoms with van der Waals surface area (Å²) in [6.45, 7) is 7.78. The van der Waals surface area contributed by atoms with Crippen LogP contribution in [0.3, 0.4) is 0 Å². The number of carbonyl (C=O) groups excluding carboxylic acids is 1. The summed E-state index contributed by atoms with van der Waals surface area (Å²) < 4.78 is 35.0. The summed E-state index contributed by atoms with van der Waals surface area (Å²) in [6.07, 6.45) is 1.78. The molecule has 1 atom stereocenters. The molecule has 8 nitrogen and oxygen atoms in total. The quantitative estimate of drug-likeness (QED) is 0.713. The molecule has 0 aromatic carbocycles. The second-order valence-electron chi connectivity index (χ2n) is 5.05. The maximum Gasteiger partial charge on any atom is 0.397 e. The lowest BCUT2D eigenvalue weighted by atomic mass is 10.2. The minimum atomic E-state index is -4.16. The summed E-state index contributed by atoms with van der Waals surface area (Å²) in [6, 6.07) is 0.359. The van der Waals surface area contributed by atoms with E-state index in [1.807, 2.05) is 4.90 Å². The summed E-state index contributed by atoms with van der Waals surface area (Å²) in [5.74, 6) is 0.329. The molecular weight excluding hydrogens is 300 g/mol. The Bertz CT molecular complexity index is 421. The Hall–Kier alpha value is -0.740. The molecule has 0 spiro atoms. The van der Waals surface area contributed by atoms with Gasteiger partial charge in [0, 0.05) is 38.6 Å². The molecule has 0 aromatic rings. The zero-order valence-corrected chi connectivity index (χ0v) is 13.3. The van der Waals surface area contributed by atoms with Crippen LogP contribution in [0.1, 0.15) is 19.8 Å². The number of nitrogens with zero attached hydrogens (tertiary/aromatic N) is 2. The van der Waals surface area contributed by atoms with Crippen LogP contribution in [0, 0.1) is 0 Å². The molecule has 0 radical (unpaired) electrons. The molecule has 0 aromatic heterocycles. The molecule has 0 aliphatic carbocycles. The van der Waals surface area contributed by atoms with Crippen molar-refractivity contribution in [2.45, 2.75) is 25.8 Å². The van der Waals surface area contributed by atoms with Gasteiger partial charge in [-0.2, -0.15) is 8.42 Å². The predicted molar refractivity (Wildman–Crippen MR) is 76.2 cm³/mol. The van der Waals surface area contributed by atoms with Crippen LogP contribution in [0.25, 0.3) is 0 Å². The summed E-state index contributed by atoms with van der Waals surface area (Å²) >= 11 is 0. The van der Waals surface area contributed by atoms with Crippen LogP contribution < -0.4 is 0 Å². The maximum absolute atomic E-state index is 11.5. The Morgan fingerprint density at radius 1 is 1.33 bits per heavy atom. The molecule has 2 heterocycles. The second kappa shape index (κ2) is 8.64. The van der Waals surface area contributed by atoms with Crippen LogP contribution in [-0.4, -0.2) is 81.2 Å². The lowest BCUT2D eigenvalue weighted by molar-refractivity contribution is -0.129. The van der Waals surface area contributed by atoms with Crippen molar-refractivity contribution >= 4 is 16.3 Å². The molecule has 0 saturated carbocycles. The highest BCUT2D eigenvalue weighted by Gasteiger charge is 2.26. The van der Waals surface area contributed by atoms with E-state index in [1.165, 1.54) is 0 Å². The van der Waals surface area contributed by atoms with Crippen molar-refractivity contribution in [3.05, 3.63) is 0 Å². The van der Waals surface area contributed by atoms with Gasteiger partial charge in [-0.05, 0) is 13.3 Å². The van der Waals surface area contributed by atoms with Gasteiger partial charge in [0.25, 0.3) is 0 Å². The molecule has 2 saturated heterocycles. The van der Waals surface area contributed by atoms with E-state index < -0.39 is 10.4 Å². The third-order valence-corrected chi connectivity index (χ3v) is 3.90. The first kappa shape index (κ1) is 18.3. The van der Waals surface area contributed by atoms with Gasteiger partial charge in [-0.15, -0.1) is 0 Å². The van der Waals surface area contributed by atoms with Crippen molar-refractivity contribution in [2.24, 2.45) is 0 Å². The lowest BCUT2D eigenvalue weighted by Gasteiger charge is -2.32. The molecule has 2 rings (SSSR count). The summed E-state index contributed by atoms with van der Waals surface area (Å²) in [5, 5.41) is 0. The summed E-state index contributed by atoms with van der Waals surface area (Å²) in [7, 11) is -3.29. The summed E-state index contributed by atoms with van der Waals surface area (Å²) in [5.41, 5.74) is 0. The van der Waals surface area contributed by atoms with Gasteiger partial charge in [0.15, 0.2) is 0 Å². The van der Waals surface area contributed by atoms with Gasteiger partial charge in [-0.1, -0.05) is 0 Å². The third-order valence-electron chi connectivity index (χ3n) is 3.48. The van der Waals surface area contributed by atoms with Crippen LogP contribution in [0.4, 0.5) is 0 Å². The molecular formula is C12H24N2O6S. The van der Waals surface area contributed by atoms with Crippen LogP contribution in [0.5, 0.6) is 0 Å². The molecule has 21 heavy (non-hydrogen) atoms. The topological polar surface area (TPSA) is 96.4 Å². The highest BCUT2D eigenvalue weighted by molar-refractivity contribution is 7.80. The fraction of sp³-hybridized carbons (Fsp3) is 0.917. The van der Waals surface area contributed by atoms with E-state index in [0.29, 0.717) is 11.9 Å². The lowest BCUT2D eigenvalue weighted by Crippen LogP contribution is -2.46. The zero-order valence-electron chi connectivity index (χ0n) is 12.5. The molecule has 124 valence electrons. The summed E-state index contributed by atoms with van der Waals surface area (Å²) in [4.78, 5) is 16.0. The average Bonchev–Trinajstić information content (AvgIpc) is 2.86. The number of hydrogen-bond donors (Lipinski definition) is 1. The first-order chi connectivity index (χ1) is 9.83. The monoisotopic (exact) mass is 324 g/mol. The van der Waals surface area contributed by atoms with Gasteiger partial charge in [0.05, 0.1) is 20.3 Å². The van der Waals surface area contributed by atoms with E-state index in [1.54, 1.807) is 0 Å². The molecule has 2 fully saturated rings. The van der Waals surface area contributed by atoms with Crippen LogP contribution in [0.15, 0.2) is 0 Å². The average molecular weight is 324 g/mol. The molecule has 0 bridgehead atoms. The van der Waals surface area contributed by atoms with Crippen molar-refractivity contribution < 1.29 is 26.7 Å². The minimum Gasteiger partial charge on any atom is -0.379 e. The van der Waals surface area contributed by atoms with Crippen molar-refractivity contribution in [1.82, 2.24) is 9.80 Å². The van der Waals surface area contributed by atoms with E-state index >= 15 is 0 Å². The molecule has 2 aliphatic rings. The molecule has 9 heteroatoms. The highest BCUT2D eigenvalue weighted by atomic mass is 32.3. The zero-order chi connectivity index (χ0) is 15.9. The van der Waals surface area contributed by atoms with Gasteiger partial charge in [0.2, 0.25) is 5.91 Å². The van der Waals surface area contributed by atoms with Gasteiger partial charge in [-0.25, -0.2) is 0 Å². The SMILES string of the molecule is CC(CN1CCOCC1)N1CCCC1=O.COS(=O)(=O)O. The Kier molecular flexibility index (Phi) is 7.53. The predicted octanol–water partition coefficient (Wildman–Crippen LogP) is -0.235. The molecule has 1 unspecified atom stereocenters. The first-order valence-electron chi connectivity index (χ1n) is 6.96. The number of morpholine rings is 1. The van der Waals surface area contributed by atoms with Crippen molar-refractivity contribution in [3.63, 3.8) is 0 Å². The number of rotatable bonds is 4. The van der Waals surface area contributed by atoms with Crippen molar-refractivity contribution in [3.8, 4) is 0 Å². The fourth-order valence-electron chi connectivity index (χ4n) is 2.39. The standard InChI is InChI=1S/C11H20N2O2.CH4O4S/c1-10(13-4-2-3-11(13)14)9-12-5-7-15-8-6-12;1-5-6(2,3)4/h10H,2-9H2,1H3;1H3,(H,2,3,4). The number of likely N-dealkylation sites (tertiary alicyclic amines) is 1. The van der Waals surface area contributed by atoms with E-state index in [-0.39, 0.29) is 0 Å². The van der Waals surface area contributed by atoms with Crippen molar-refractivity contribution in [1.29, 1.82) is 0 Å². The third kappa shape index (κ3) is 7.18. The largest absolute Gasteiger partial charge is 0.397 e. The highest BCUT2D eigenvalue weighted by Crippen LogP contribution is 2.14. The second-order valence-corrected chi connectivity index (χ2v) is 6.24. The maximum atomic E-state index is 11.5. The van der Waals surface area contributed by atoms with E-state index in [9.17, 15) is 13.2 Å². The molecule has 1 amide bonds. The van der Waals surface area contributed by atoms with E-state index in [4.69, 9.17) is 9.29 Å². The number of amides is 1.